The van der Waals surface area contributed by atoms with E-state index in [0.717, 1.165) is 41.0 Å². The maximum atomic E-state index is 13.4. The second-order valence-corrected chi connectivity index (χ2v) is 8.91. The van der Waals surface area contributed by atoms with Crippen molar-refractivity contribution < 1.29 is 28.2 Å². The van der Waals surface area contributed by atoms with E-state index < -0.39 is 11.9 Å². The van der Waals surface area contributed by atoms with Crippen molar-refractivity contribution in [2.24, 2.45) is 0 Å². The fourth-order valence-corrected chi connectivity index (χ4v) is 4.76. The Morgan fingerprint density at radius 1 is 1.03 bits per heavy atom. The number of hydrogen-bond acceptors (Lipinski definition) is 7. The Morgan fingerprint density at radius 2 is 1.92 bits per heavy atom. The Bertz CT molecular complexity index is 1520. The molecule has 37 heavy (non-hydrogen) atoms. The Morgan fingerprint density at radius 3 is 2.81 bits per heavy atom. The van der Waals surface area contributed by atoms with Gasteiger partial charge in [0, 0.05) is 11.9 Å². The first-order chi connectivity index (χ1) is 18.2. The van der Waals surface area contributed by atoms with Crippen molar-refractivity contribution >= 4 is 34.4 Å². The van der Waals surface area contributed by atoms with E-state index in [9.17, 15) is 9.59 Å². The molecule has 2 aliphatic rings. The van der Waals surface area contributed by atoms with E-state index in [0.29, 0.717) is 34.4 Å². The molecule has 8 nitrogen and oxygen atoms in total. The highest BCUT2D eigenvalue weighted by Crippen LogP contribution is 2.36. The minimum atomic E-state index is -0.535. The average Bonchev–Trinajstić information content (AvgIpc) is 3.61. The molecule has 0 radical (unpaired) electrons. The first-order valence-electron chi connectivity index (χ1n) is 12.1. The number of rotatable bonds is 6. The summed E-state index contributed by atoms with van der Waals surface area (Å²) in [6.07, 6.45) is 6.00. The molecular weight excluding hydrogens is 472 g/mol. The van der Waals surface area contributed by atoms with Crippen molar-refractivity contribution in [1.29, 1.82) is 0 Å². The number of furan rings is 1. The lowest BCUT2D eigenvalue weighted by Crippen LogP contribution is -2.28. The summed E-state index contributed by atoms with van der Waals surface area (Å²) in [6, 6.07) is 16.7. The highest BCUT2D eigenvalue weighted by Gasteiger charge is 2.26. The fourth-order valence-electron chi connectivity index (χ4n) is 4.76. The number of pyridine rings is 1. The minimum Gasteiger partial charge on any atom is -0.465 e. The lowest BCUT2D eigenvalue weighted by atomic mass is 9.86. The smallest absolute Gasteiger partial charge is 0.339 e. The van der Waals surface area contributed by atoms with Gasteiger partial charge in [-0.2, -0.15) is 0 Å². The molecule has 3 heterocycles. The summed E-state index contributed by atoms with van der Waals surface area (Å²) in [4.78, 5) is 30.7. The van der Waals surface area contributed by atoms with Crippen molar-refractivity contribution in [3.05, 3.63) is 89.0 Å². The van der Waals surface area contributed by atoms with Gasteiger partial charge in [-0.15, -0.1) is 0 Å². The van der Waals surface area contributed by atoms with Crippen molar-refractivity contribution in [3.8, 4) is 11.5 Å². The van der Waals surface area contributed by atoms with Crippen LogP contribution in [0.5, 0.6) is 11.5 Å². The van der Waals surface area contributed by atoms with Gasteiger partial charge in [0.2, 0.25) is 6.79 Å². The lowest BCUT2D eigenvalue weighted by molar-refractivity contribution is -0.124. The number of benzene rings is 2. The largest absolute Gasteiger partial charge is 0.465 e. The molecule has 1 aliphatic heterocycles. The van der Waals surface area contributed by atoms with Crippen LogP contribution in [0.2, 0.25) is 0 Å². The first kappa shape index (κ1) is 22.8. The molecule has 6 rings (SSSR count). The number of carbonyl (C=O) groups is 2. The van der Waals surface area contributed by atoms with Crippen molar-refractivity contribution in [3.63, 3.8) is 0 Å². The van der Waals surface area contributed by atoms with Crippen LogP contribution in [0.15, 0.2) is 65.3 Å². The number of esters is 1. The second-order valence-electron chi connectivity index (χ2n) is 8.91. The van der Waals surface area contributed by atoms with E-state index in [1.807, 2.05) is 54.6 Å². The van der Waals surface area contributed by atoms with Gasteiger partial charge in [0.15, 0.2) is 18.1 Å². The number of nitrogens with one attached hydrogen (secondary N) is 1. The van der Waals surface area contributed by atoms with Crippen LogP contribution in [-0.2, 0) is 22.5 Å². The van der Waals surface area contributed by atoms with Crippen LogP contribution >= 0.6 is 0 Å². The molecule has 2 aromatic heterocycles. The maximum Gasteiger partial charge on any atom is 0.339 e. The number of allylic oxidation sites excluding steroid dienone is 1. The van der Waals surface area contributed by atoms with E-state index in [2.05, 4.69) is 5.32 Å². The molecule has 8 heteroatoms. The highest BCUT2D eigenvalue weighted by atomic mass is 16.7. The average molecular weight is 497 g/mol. The van der Waals surface area contributed by atoms with Crippen LogP contribution in [0.1, 0.15) is 45.8 Å². The molecule has 0 saturated heterocycles. The SMILES string of the molecule is O=C(COC(=O)c1c2c(nc3ccccc13)/C(=C\c1ccco1)CCC2)NCc1ccc2c(c1)OCO2. The number of carbonyl (C=O) groups excluding carboxylic acids is 2. The van der Waals surface area contributed by atoms with Crippen molar-refractivity contribution in [1.82, 2.24) is 10.3 Å². The lowest BCUT2D eigenvalue weighted by Gasteiger charge is -2.22. The topological polar surface area (TPSA) is 99.9 Å². The Kier molecular flexibility index (Phi) is 6.06. The van der Waals surface area contributed by atoms with Gasteiger partial charge in [-0.05, 0) is 72.4 Å². The molecule has 4 aromatic rings. The van der Waals surface area contributed by atoms with Gasteiger partial charge in [0.1, 0.15) is 5.76 Å². The number of amides is 1. The highest BCUT2D eigenvalue weighted by molar-refractivity contribution is 6.07. The van der Waals surface area contributed by atoms with Crippen LogP contribution in [0.4, 0.5) is 0 Å². The van der Waals surface area contributed by atoms with Gasteiger partial charge in [-0.25, -0.2) is 9.78 Å². The molecule has 0 fully saturated rings. The van der Waals surface area contributed by atoms with Gasteiger partial charge >= 0.3 is 5.97 Å². The first-order valence-corrected chi connectivity index (χ1v) is 12.1. The van der Waals surface area contributed by atoms with Gasteiger partial charge in [-0.1, -0.05) is 24.3 Å². The minimum absolute atomic E-state index is 0.189. The van der Waals surface area contributed by atoms with Crippen LogP contribution in [-0.4, -0.2) is 30.3 Å². The summed E-state index contributed by atoms with van der Waals surface area (Å²) in [5.41, 5.74) is 4.66. The summed E-state index contributed by atoms with van der Waals surface area (Å²) in [5.74, 6) is 1.14. The zero-order chi connectivity index (χ0) is 25.2. The summed E-state index contributed by atoms with van der Waals surface area (Å²) >= 11 is 0. The predicted octanol–water partition coefficient (Wildman–Crippen LogP) is 4.91. The van der Waals surface area contributed by atoms with Gasteiger partial charge in [-0.3, -0.25) is 4.79 Å². The van der Waals surface area contributed by atoms with E-state index in [4.69, 9.17) is 23.6 Å². The van der Waals surface area contributed by atoms with Crippen LogP contribution < -0.4 is 14.8 Å². The monoisotopic (exact) mass is 496 g/mol. The third-order valence-corrected chi connectivity index (χ3v) is 6.50. The predicted molar refractivity (Wildman–Crippen MR) is 136 cm³/mol. The van der Waals surface area contributed by atoms with Gasteiger partial charge in [0.05, 0.1) is 23.0 Å². The summed E-state index contributed by atoms with van der Waals surface area (Å²) in [5, 5.41) is 3.50. The third-order valence-electron chi connectivity index (χ3n) is 6.50. The molecule has 0 unspecified atom stereocenters. The summed E-state index contributed by atoms with van der Waals surface area (Å²) < 4.78 is 21.7. The Balaban J connectivity index is 1.21. The van der Waals surface area contributed by atoms with E-state index in [1.165, 1.54) is 0 Å². The molecule has 0 atom stereocenters. The van der Waals surface area contributed by atoms with Gasteiger partial charge in [0.25, 0.3) is 5.91 Å². The summed E-state index contributed by atoms with van der Waals surface area (Å²) in [6.45, 7) is 0.0834. The number of para-hydroxylation sites is 1. The number of aromatic nitrogens is 1. The van der Waals surface area contributed by atoms with Crippen LogP contribution in [0.25, 0.3) is 22.6 Å². The molecule has 186 valence electrons. The van der Waals surface area contributed by atoms with E-state index >= 15 is 0 Å². The molecule has 0 saturated carbocycles. The normalized spacial score (nSPS) is 15.0. The van der Waals surface area contributed by atoms with Gasteiger partial charge < -0.3 is 23.9 Å². The number of hydrogen-bond donors (Lipinski definition) is 1. The van der Waals surface area contributed by atoms with E-state index in [1.54, 1.807) is 12.3 Å². The molecule has 1 N–H and O–H groups in total. The Labute approximate surface area is 212 Å². The molecule has 1 amide bonds. The third kappa shape index (κ3) is 4.65. The number of ether oxygens (including phenoxy) is 3. The quantitative estimate of drug-likeness (QED) is 0.379. The second kappa shape index (κ2) is 9.81. The number of fused-ring (bicyclic) bond motifs is 3. The van der Waals surface area contributed by atoms with Crippen molar-refractivity contribution in [2.45, 2.75) is 25.8 Å². The zero-order valence-electron chi connectivity index (χ0n) is 20.0. The molecule has 1 aliphatic carbocycles. The van der Waals surface area contributed by atoms with Crippen molar-refractivity contribution in [2.75, 3.05) is 13.4 Å². The van der Waals surface area contributed by atoms with Crippen LogP contribution in [0, 0.1) is 0 Å². The zero-order valence-corrected chi connectivity index (χ0v) is 20.0. The summed E-state index contributed by atoms with van der Waals surface area (Å²) in [7, 11) is 0. The molecule has 2 aromatic carbocycles. The standard InChI is InChI=1S/C29H24N2O6/c32-26(30-15-18-10-11-24-25(13-18)37-17-36-24)16-35-29(33)27-21-7-1-2-9-23(21)31-28-19(5-3-8-22(27)28)14-20-6-4-12-34-20/h1-2,4,6-7,9-14H,3,5,8,15-17H2,(H,30,32)/b19-14-. The molecule has 0 spiro atoms. The van der Waals surface area contributed by atoms with Crippen LogP contribution in [0.3, 0.4) is 0 Å². The molecule has 0 bridgehead atoms. The Hall–Kier alpha value is -4.59. The maximum absolute atomic E-state index is 13.4. The fraction of sp³-hybridized carbons (Fsp3) is 0.207. The van der Waals surface area contributed by atoms with E-state index in [-0.39, 0.29) is 19.9 Å². The molecular formula is C29H24N2O6. The number of nitrogens with zero attached hydrogens (tertiary/aromatic N) is 1.